The molecule has 0 spiro atoms. The Morgan fingerprint density at radius 2 is 1.90 bits per heavy atom. The van der Waals surface area contributed by atoms with Crippen molar-refractivity contribution in [1.82, 2.24) is 9.97 Å². The van der Waals surface area contributed by atoms with Crippen LogP contribution in [0.1, 0.15) is 5.56 Å². The highest BCUT2D eigenvalue weighted by atomic mass is 35.5. The van der Waals surface area contributed by atoms with Gasteiger partial charge in [-0.3, -0.25) is 0 Å². The number of nitrogens with zero attached hydrogens (tertiary/aromatic N) is 1. The van der Waals surface area contributed by atoms with Crippen LogP contribution in [0.25, 0.3) is 22.4 Å². The van der Waals surface area contributed by atoms with E-state index in [1.807, 2.05) is 37.3 Å². The van der Waals surface area contributed by atoms with Crippen LogP contribution >= 0.6 is 23.2 Å². The molecule has 0 saturated carbocycles. The van der Waals surface area contributed by atoms with Gasteiger partial charge in [-0.2, -0.15) is 0 Å². The van der Waals surface area contributed by atoms with Gasteiger partial charge in [-0.1, -0.05) is 23.2 Å². The highest BCUT2D eigenvalue weighted by Gasteiger charge is 2.10. The summed E-state index contributed by atoms with van der Waals surface area (Å²) in [7, 11) is 1.59. The summed E-state index contributed by atoms with van der Waals surface area (Å²) in [6.07, 6.45) is 0. The zero-order chi connectivity index (χ0) is 14.3. The molecule has 0 fully saturated rings. The lowest BCUT2D eigenvalue weighted by molar-refractivity contribution is 0.415. The van der Waals surface area contributed by atoms with E-state index in [0.717, 1.165) is 28.0 Å². The van der Waals surface area contributed by atoms with E-state index in [4.69, 9.17) is 27.9 Å². The van der Waals surface area contributed by atoms with Crippen LogP contribution in [0.5, 0.6) is 5.75 Å². The van der Waals surface area contributed by atoms with Gasteiger partial charge in [0.25, 0.3) is 0 Å². The number of nitrogens with one attached hydrogen (secondary N) is 1. The monoisotopic (exact) mass is 306 g/mol. The van der Waals surface area contributed by atoms with Gasteiger partial charge >= 0.3 is 0 Å². The molecule has 1 aromatic heterocycles. The molecular weight excluding hydrogens is 295 g/mol. The fraction of sp³-hybridized carbons (Fsp3) is 0.133. The first-order valence-electron chi connectivity index (χ1n) is 6.08. The SMILES string of the molecule is COc1ccc(-c2nc3c(Cl)cc(C)cc3[nH]2)cc1Cl. The highest BCUT2D eigenvalue weighted by molar-refractivity contribution is 6.35. The van der Waals surface area contributed by atoms with Gasteiger partial charge in [0.05, 0.1) is 22.7 Å². The second kappa shape index (κ2) is 5.00. The molecule has 20 heavy (non-hydrogen) atoms. The number of rotatable bonds is 2. The van der Waals surface area contributed by atoms with Crippen LogP contribution in [0, 0.1) is 6.92 Å². The molecule has 0 aliphatic rings. The minimum absolute atomic E-state index is 0.549. The number of ether oxygens (including phenoxy) is 1. The van der Waals surface area contributed by atoms with Crippen molar-refractivity contribution in [2.24, 2.45) is 0 Å². The minimum atomic E-state index is 0.549. The molecular formula is C15H12Cl2N2O. The predicted octanol–water partition coefficient (Wildman–Crippen LogP) is 4.85. The lowest BCUT2D eigenvalue weighted by atomic mass is 10.2. The molecule has 3 nitrogen and oxygen atoms in total. The summed E-state index contributed by atoms with van der Waals surface area (Å²) < 4.78 is 5.15. The normalized spacial score (nSPS) is 11.0. The number of imidazole rings is 1. The number of fused-ring (bicyclic) bond motifs is 1. The Kier molecular flexibility index (Phi) is 3.32. The van der Waals surface area contributed by atoms with E-state index in [9.17, 15) is 0 Å². The molecule has 0 saturated heterocycles. The summed E-state index contributed by atoms with van der Waals surface area (Å²) in [5, 5.41) is 1.19. The number of H-pyrrole nitrogens is 1. The predicted molar refractivity (Wildman–Crippen MR) is 82.8 cm³/mol. The number of aromatic nitrogens is 2. The fourth-order valence-corrected chi connectivity index (χ4v) is 2.74. The van der Waals surface area contributed by atoms with Crippen molar-refractivity contribution in [3.8, 4) is 17.1 Å². The van der Waals surface area contributed by atoms with E-state index >= 15 is 0 Å². The summed E-state index contributed by atoms with van der Waals surface area (Å²) in [6.45, 7) is 2.00. The van der Waals surface area contributed by atoms with Crippen molar-refractivity contribution in [3.05, 3.63) is 45.9 Å². The second-order valence-corrected chi connectivity index (χ2v) is 5.39. The van der Waals surface area contributed by atoms with E-state index < -0.39 is 0 Å². The van der Waals surface area contributed by atoms with Gasteiger partial charge in [-0.15, -0.1) is 0 Å². The largest absolute Gasteiger partial charge is 0.495 e. The summed E-state index contributed by atoms with van der Waals surface area (Å²) in [6, 6.07) is 9.46. The van der Waals surface area contributed by atoms with Crippen molar-refractivity contribution in [2.45, 2.75) is 6.92 Å². The van der Waals surface area contributed by atoms with Crippen LogP contribution < -0.4 is 4.74 Å². The quantitative estimate of drug-likeness (QED) is 0.734. The lowest BCUT2D eigenvalue weighted by Crippen LogP contribution is -1.86. The molecule has 3 aromatic rings. The summed E-state index contributed by atoms with van der Waals surface area (Å²) >= 11 is 12.4. The van der Waals surface area contributed by atoms with Gasteiger partial charge in [0.2, 0.25) is 0 Å². The summed E-state index contributed by atoms with van der Waals surface area (Å²) in [4.78, 5) is 7.80. The Balaban J connectivity index is 2.15. The molecule has 0 unspecified atom stereocenters. The molecule has 1 N–H and O–H groups in total. The third-order valence-electron chi connectivity index (χ3n) is 3.11. The molecule has 5 heteroatoms. The summed E-state index contributed by atoms with van der Waals surface area (Å²) in [5.74, 6) is 1.37. The van der Waals surface area contributed by atoms with E-state index in [2.05, 4.69) is 9.97 Å². The first kappa shape index (κ1) is 13.3. The topological polar surface area (TPSA) is 37.9 Å². The molecule has 2 aromatic carbocycles. The first-order chi connectivity index (χ1) is 9.58. The highest BCUT2D eigenvalue weighted by Crippen LogP contribution is 2.31. The first-order valence-corrected chi connectivity index (χ1v) is 6.84. The Morgan fingerprint density at radius 1 is 1.10 bits per heavy atom. The van der Waals surface area contributed by atoms with Gasteiger partial charge in [0.15, 0.2) is 0 Å². The molecule has 3 rings (SSSR count). The van der Waals surface area contributed by atoms with Gasteiger partial charge in [0, 0.05) is 5.56 Å². The molecule has 0 amide bonds. The van der Waals surface area contributed by atoms with Crippen LogP contribution in [0.2, 0.25) is 10.0 Å². The number of halogens is 2. The molecule has 1 heterocycles. The molecule has 102 valence electrons. The van der Waals surface area contributed by atoms with Crippen molar-refractivity contribution < 1.29 is 4.74 Å². The van der Waals surface area contributed by atoms with E-state index in [-0.39, 0.29) is 0 Å². The van der Waals surface area contributed by atoms with Crippen molar-refractivity contribution in [1.29, 1.82) is 0 Å². The molecule has 0 aliphatic heterocycles. The second-order valence-electron chi connectivity index (χ2n) is 4.58. The number of aromatic amines is 1. The minimum Gasteiger partial charge on any atom is -0.495 e. The zero-order valence-corrected chi connectivity index (χ0v) is 12.5. The maximum atomic E-state index is 6.21. The maximum Gasteiger partial charge on any atom is 0.138 e. The van der Waals surface area contributed by atoms with Crippen molar-refractivity contribution in [2.75, 3.05) is 7.11 Å². The van der Waals surface area contributed by atoms with Crippen LogP contribution in [0.3, 0.4) is 0 Å². The number of aryl methyl sites for hydroxylation is 1. The molecule has 0 atom stereocenters. The van der Waals surface area contributed by atoms with Crippen molar-refractivity contribution >= 4 is 34.2 Å². The van der Waals surface area contributed by atoms with Gasteiger partial charge < -0.3 is 9.72 Å². The number of hydrogen-bond donors (Lipinski definition) is 1. The van der Waals surface area contributed by atoms with Gasteiger partial charge in [-0.05, 0) is 42.8 Å². The molecule has 0 radical (unpaired) electrons. The van der Waals surface area contributed by atoms with Crippen LogP contribution in [0.15, 0.2) is 30.3 Å². The third kappa shape index (κ3) is 2.23. The third-order valence-corrected chi connectivity index (χ3v) is 3.69. The zero-order valence-electron chi connectivity index (χ0n) is 11.0. The molecule has 0 bridgehead atoms. The maximum absolute atomic E-state index is 6.21. The number of methoxy groups -OCH3 is 1. The van der Waals surface area contributed by atoms with Gasteiger partial charge in [-0.25, -0.2) is 4.98 Å². The van der Waals surface area contributed by atoms with E-state index in [1.54, 1.807) is 7.11 Å². The summed E-state index contributed by atoms with van der Waals surface area (Å²) in [5.41, 5.74) is 3.65. The van der Waals surface area contributed by atoms with E-state index in [0.29, 0.717) is 15.8 Å². The average Bonchev–Trinajstić information content (AvgIpc) is 2.82. The van der Waals surface area contributed by atoms with Gasteiger partial charge in [0.1, 0.15) is 17.1 Å². The fourth-order valence-electron chi connectivity index (χ4n) is 2.16. The standard InChI is InChI=1S/C15H12Cl2N2O/c1-8-5-11(17)14-12(6-8)18-15(19-14)9-3-4-13(20-2)10(16)7-9/h3-7H,1-2H3,(H,18,19). The Hall–Kier alpha value is -1.71. The average molecular weight is 307 g/mol. The Morgan fingerprint density at radius 3 is 2.60 bits per heavy atom. The van der Waals surface area contributed by atoms with Crippen LogP contribution in [0.4, 0.5) is 0 Å². The van der Waals surface area contributed by atoms with Crippen LogP contribution in [-0.2, 0) is 0 Å². The number of hydrogen-bond acceptors (Lipinski definition) is 2. The Bertz CT molecular complexity index is 796. The Labute approximate surface area is 126 Å². The van der Waals surface area contributed by atoms with E-state index in [1.165, 1.54) is 0 Å². The van der Waals surface area contributed by atoms with Crippen LogP contribution in [-0.4, -0.2) is 17.1 Å². The van der Waals surface area contributed by atoms with Crippen molar-refractivity contribution in [3.63, 3.8) is 0 Å². The number of benzene rings is 2. The smallest absolute Gasteiger partial charge is 0.138 e. The molecule has 0 aliphatic carbocycles. The lowest BCUT2D eigenvalue weighted by Gasteiger charge is -2.03.